The smallest absolute Gasteiger partial charge is 0.260 e. The highest BCUT2D eigenvalue weighted by molar-refractivity contribution is 7.19. The molecular formula is C24H29N3O2S. The first-order chi connectivity index (χ1) is 14.6. The van der Waals surface area contributed by atoms with Crippen LogP contribution >= 0.6 is 11.3 Å². The number of nitrogens with one attached hydrogen (secondary N) is 1. The van der Waals surface area contributed by atoms with Crippen LogP contribution in [0.15, 0.2) is 47.4 Å². The van der Waals surface area contributed by atoms with Gasteiger partial charge in [-0.05, 0) is 37.8 Å². The van der Waals surface area contributed by atoms with Gasteiger partial charge in [-0.15, -0.1) is 11.3 Å². The zero-order chi connectivity index (χ0) is 21.1. The van der Waals surface area contributed by atoms with E-state index in [1.807, 2.05) is 32.2 Å². The highest BCUT2D eigenvalue weighted by atomic mass is 32.1. The fraction of sp³-hybridized carbons (Fsp3) is 0.417. The van der Waals surface area contributed by atoms with Crippen LogP contribution in [0.5, 0.6) is 0 Å². The number of pyridine rings is 1. The lowest BCUT2D eigenvalue weighted by Gasteiger charge is -2.32. The second-order valence-electron chi connectivity index (χ2n) is 8.10. The molecule has 1 aliphatic heterocycles. The number of hydrogen-bond acceptors (Lipinski definition) is 4. The van der Waals surface area contributed by atoms with Gasteiger partial charge in [0, 0.05) is 48.0 Å². The van der Waals surface area contributed by atoms with Crippen LogP contribution < -0.4 is 10.9 Å². The number of aryl methyl sites for hydroxylation is 2. The number of carbonyl (C=O) groups excluding carboxylic acids is 1. The largest absolute Gasteiger partial charge is 0.349 e. The third-order valence-corrected chi connectivity index (χ3v) is 6.93. The molecule has 0 unspecified atom stereocenters. The van der Waals surface area contributed by atoms with Crippen molar-refractivity contribution < 1.29 is 4.79 Å². The minimum absolute atomic E-state index is 0.0541. The summed E-state index contributed by atoms with van der Waals surface area (Å²) >= 11 is 1.53. The number of nitrogens with zero attached hydrogens (tertiary/aromatic N) is 2. The second kappa shape index (κ2) is 9.14. The zero-order valence-electron chi connectivity index (χ0n) is 17.7. The predicted molar refractivity (Wildman–Crippen MR) is 123 cm³/mol. The highest BCUT2D eigenvalue weighted by Gasteiger charge is 2.25. The molecule has 0 atom stereocenters. The Morgan fingerprint density at radius 1 is 1.17 bits per heavy atom. The molecule has 4 rings (SSSR count). The van der Waals surface area contributed by atoms with E-state index in [2.05, 4.69) is 34.5 Å². The van der Waals surface area contributed by atoms with Crippen molar-refractivity contribution in [2.45, 2.75) is 52.2 Å². The van der Waals surface area contributed by atoms with Crippen molar-refractivity contribution in [1.82, 2.24) is 14.8 Å². The van der Waals surface area contributed by atoms with Crippen LogP contribution in [0.2, 0.25) is 0 Å². The average molecular weight is 424 g/mol. The summed E-state index contributed by atoms with van der Waals surface area (Å²) in [5.74, 6) is -0.105. The van der Waals surface area contributed by atoms with Crippen LogP contribution in [0.25, 0.3) is 10.1 Å². The normalized spacial score (nSPS) is 15.5. The molecule has 3 heterocycles. The first-order valence-electron chi connectivity index (χ1n) is 10.8. The van der Waals surface area contributed by atoms with E-state index in [1.165, 1.54) is 16.9 Å². The van der Waals surface area contributed by atoms with Crippen molar-refractivity contribution >= 4 is 27.3 Å². The van der Waals surface area contributed by atoms with E-state index in [0.29, 0.717) is 17.5 Å². The van der Waals surface area contributed by atoms with Gasteiger partial charge in [0.25, 0.3) is 11.5 Å². The van der Waals surface area contributed by atoms with E-state index in [-0.39, 0.29) is 17.5 Å². The zero-order valence-corrected chi connectivity index (χ0v) is 18.5. The number of fused-ring (bicyclic) bond motifs is 1. The molecule has 3 aromatic rings. The number of piperidine rings is 1. The molecule has 1 aromatic carbocycles. The summed E-state index contributed by atoms with van der Waals surface area (Å²) in [6, 6.07) is 12.6. The Morgan fingerprint density at radius 3 is 2.60 bits per heavy atom. The summed E-state index contributed by atoms with van der Waals surface area (Å²) in [5.41, 5.74) is 1.84. The van der Waals surface area contributed by atoms with E-state index >= 15 is 0 Å². The number of carbonyl (C=O) groups is 1. The summed E-state index contributed by atoms with van der Waals surface area (Å²) in [7, 11) is 0. The number of hydrogen-bond donors (Lipinski definition) is 1. The van der Waals surface area contributed by atoms with Gasteiger partial charge in [0.1, 0.15) is 0 Å². The van der Waals surface area contributed by atoms with Gasteiger partial charge in [-0.1, -0.05) is 37.3 Å². The first-order valence-corrected chi connectivity index (χ1v) is 11.6. The van der Waals surface area contributed by atoms with Gasteiger partial charge in [-0.3, -0.25) is 14.5 Å². The van der Waals surface area contributed by atoms with Gasteiger partial charge < -0.3 is 9.88 Å². The lowest BCUT2D eigenvalue weighted by molar-refractivity contribution is 0.0910. The third kappa shape index (κ3) is 4.35. The standard InChI is InChI=1S/C24H29N3O2S/c1-3-12-27-15-11-20-22(24(27)29)21(17(2)30-20)23(28)25-19-9-13-26(14-10-19)16-18-7-5-4-6-8-18/h4-8,11,15,19H,3,9-10,12-14,16H2,1-2H3,(H,25,28). The number of likely N-dealkylation sites (tertiary alicyclic amines) is 1. The fourth-order valence-corrected chi connectivity index (χ4v) is 5.34. The topological polar surface area (TPSA) is 54.3 Å². The van der Waals surface area contributed by atoms with Crippen LogP contribution in [-0.4, -0.2) is 34.5 Å². The number of benzene rings is 1. The maximum absolute atomic E-state index is 13.1. The third-order valence-electron chi connectivity index (χ3n) is 5.86. The van der Waals surface area contributed by atoms with Crippen LogP contribution in [0.3, 0.4) is 0 Å². The molecule has 0 radical (unpaired) electrons. The Kier molecular flexibility index (Phi) is 6.35. The van der Waals surface area contributed by atoms with E-state index in [0.717, 1.165) is 48.5 Å². The molecule has 0 spiro atoms. The molecule has 1 saturated heterocycles. The quantitative estimate of drug-likeness (QED) is 0.647. The summed E-state index contributed by atoms with van der Waals surface area (Å²) in [5, 5.41) is 3.79. The van der Waals surface area contributed by atoms with Gasteiger partial charge in [0.2, 0.25) is 0 Å². The van der Waals surface area contributed by atoms with Crippen molar-refractivity contribution in [3.05, 3.63) is 69.0 Å². The van der Waals surface area contributed by atoms with Crippen LogP contribution in [0.1, 0.15) is 47.0 Å². The second-order valence-corrected chi connectivity index (χ2v) is 9.35. The van der Waals surface area contributed by atoms with E-state index in [4.69, 9.17) is 0 Å². The van der Waals surface area contributed by atoms with Gasteiger partial charge in [0.05, 0.1) is 10.9 Å². The van der Waals surface area contributed by atoms with Crippen molar-refractivity contribution in [1.29, 1.82) is 0 Å². The van der Waals surface area contributed by atoms with Gasteiger partial charge in [-0.25, -0.2) is 0 Å². The van der Waals surface area contributed by atoms with E-state index < -0.39 is 0 Å². The molecule has 5 nitrogen and oxygen atoms in total. The van der Waals surface area contributed by atoms with Crippen LogP contribution in [-0.2, 0) is 13.1 Å². The molecular weight excluding hydrogens is 394 g/mol. The molecule has 30 heavy (non-hydrogen) atoms. The summed E-state index contributed by atoms with van der Waals surface area (Å²) in [6.45, 7) is 7.54. The Morgan fingerprint density at radius 2 is 1.90 bits per heavy atom. The molecule has 0 bridgehead atoms. The molecule has 0 aliphatic carbocycles. The van der Waals surface area contributed by atoms with E-state index in [9.17, 15) is 9.59 Å². The molecule has 1 N–H and O–H groups in total. The van der Waals surface area contributed by atoms with Crippen molar-refractivity contribution in [2.24, 2.45) is 0 Å². The molecule has 0 saturated carbocycles. The lowest BCUT2D eigenvalue weighted by atomic mass is 10.0. The molecule has 1 amide bonds. The minimum Gasteiger partial charge on any atom is -0.349 e. The van der Waals surface area contributed by atoms with Crippen LogP contribution in [0.4, 0.5) is 0 Å². The molecule has 2 aromatic heterocycles. The van der Waals surface area contributed by atoms with E-state index in [1.54, 1.807) is 4.57 Å². The van der Waals surface area contributed by atoms with Crippen LogP contribution in [0, 0.1) is 6.92 Å². The summed E-state index contributed by atoms with van der Waals surface area (Å²) in [6.07, 6.45) is 4.59. The molecule has 158 valence electrons. The number of aromatic nitrogens is 1. The van der Waals surface area contributed by atoms with Gasteiger partial charge in [-0.2, -0.15) is 0 Å². The van der Waals surface area contributed by atoms with Crippen molar-refractivity contribution in [3.63, 3.8) is 0 Å². The Labute approximate surface area is 181 Å². The monoisotopic (exact) mass is 423 g/mol. The van der Waals surface area contributed by atoms with Gasteiger partial charge >= 0.3 is 0 Å². The molecule has 1 fully saturated rings. The SMILES string of the molecule is CCCn1ccc2sc(C)c(C(=O)NC3CCN(Cc4ccccc4)CC3)c2c1=O. The van der Waals surface area contributed by atoms with Crippen molar-refractivity contribution in [3.8, 4) is 0 Å². The van der Waals surface area contributed by atoms with Gasteiger partial charge in [0.15, 0.2) is 0 Å². The minimum atomic E-state index is -0.105. The number of thiophene rings is 1. The number of amides is 1. The fourth-order valence-electron chi connectivity index (χ4n) is 4.29. The highest BCUT2D eigenvalue weighted by Crippen LogP contribution is 2.28. The lowest BCUT2D eigenvalue weighted by Crippen LogP contribution is -2.44. The first kappa shape index (κ1) is 20.8. The summed E-state index contributed by atoms with van der Waals surface area (Å²) < 4.78 is 2.61. The maximum atomic E-state index is 13.1. The molecule has 1 aliphatic rings. The Hall–Kier alpha value is -2.44. The Bertz CT molecular complexity index is 1080. The van der Waals surface area contributed by atoms with Crippen molar-refractivity contribution in [2.75, 3.05) is 13.1 Å². The average Bonchev–Trinajstić information content (AvgIpc) is 3.09. The maximum Gasteiger partial charge on any atom is 0.260 e. The molecule has 6 heteroatoms. The number of rotatable bonds is 6. The predicted octanol–water partition coefficient (Wildman–Crippen LogP) is 4.18. The summed E-state index contributed by atoms with van der Waals surface area (Å²) in [4.78, 5) is 29.4. The Balaban J connectivity index is 1.44.